The molecule has 3 aliphatic rings. The zero-order valence-corrected chi connectivity index (χ0v) is 28.1. The Labute approximate surface area is 257 Å². The maximum atomic E-state index is 10.1. The lowest BCUT2D eigenvalue weighted by Gasteiger charge is -2.36. The average molecular weight is 569 g/mol. The van der Waals surface area contributed by atoms with Gasteiger partial charge in [0.15, 0.2) is 0 Å². The Kier molecular flexibility index (Phi) is 11.1. The number of fused-ring (bicyclic) bond motifs is 1. The van der Waals surface area contributed by atoms with Gasteiger partial charge in [-0.25, -0.2) is 0 Å². The van der Waals surface area contributed by atoms with Gasteiger partial charge in [0, 0.05) is 5.41 Å². The Balaban J connectivity index is 1.49. The van der Waals surface area contributed by atoms with E-state index in [-0.39, 0.29) is 28.1 Å². The summed E-state index contributed by atoms with van der Waals surface area (Å²) in [5, 5.41) is 10.1. The number of hydrogen-bond donors (Lipinski definition) is 1. The second-order valence-corrected chi connectivity index (χ2v) is 14.4. The van der Waals surface area contributed by atoms with Gasteiger partial charge in [0.05, 0.1) is 11.7 Å². The third kappa shape index (κ3) is 8.45. The average Bonchev–Trinajstić information content (AvgIpc) is 3.51. The van der Waals surface area contributed by atoms with Crippen LogP contribution in [0, 0.1) is 10.8 Å². The number of ether oxygens (including phenoxy) is 1. The van der Waals surface area contributed by atoms with Crippen LogP contribution in [0.25, 0.3) is 0 Å². The van der Waals surface area contributed by atoms with E-state index >= 15 is 0 Å². The lowest BCUT2D eigenvalue weighted by molar-refractivity contribution is 0.116. The maximum Gasteiger partial charge on any atom is 0.121 e. The van der Waals surface area contributed by atoms with Crippen LogP contribution in [0.1, 0.15) is 101 Å². The summed E-state index contributed by atoms with van der Waals surface area (Å²) in [7, 11) is 0. The summed E-state index contributed by atoms with van der Waals surface area (Å²) in [6, 6.07) is 0. The van der Waals surface area contributed by atoms with Crippen LogP contribution in [-0.4, -0.2) is 22.4 Å². The third-order valence-electron chi connectivity index (χ3n) is 9.43. The zero-order valence-electron chi connectivity index (χ0n) is 28.1. The first-order valence-electron chi connectivity index (χ1n) is 15.8. The number of aliphatic hydroxyl groups excluding tert-OH is 1. The molecule has 2 unspecified atom stereocenters. The van der Waals surface area contributed by atoms with Gasteiger partial charge >= 0.3 is 0 Å². The minimum atomic E-state index is -0.223. The molecule has 2 heteroatoms. The molecule has 0 spiro atoms. The first kappa shape index (κ1) is 33.8. The molecule has 0 aromatic heterocycles. The fraction of sp³-hybridized carbons (Fsp3) is 0.500. The molecule has 1 saturated heterocycles. The largest absolute Gasteiger partial charge is 0.393 e. The van der Waals surface area contributed by atoms with Crippen LogP contribution < -0.4 is 0 Å². The van der Waals surface area contributed by atoms with Gasteiger partial charge in [-0.1, -0.05) is 135 Å². The molecule has 228 valence electrons. The lowest BCUT2D eigenvalue weighted by atomic mass is 9.64. The van der Waals surface area contributed by atoms with E-state index in [9.17, 15) is 5.11 Å². The Hall–Kier alpha value is -2.68. The molecular formula is C40H56O2. The third-order valence-corrected chi connectivity index (χ3v) is 9.43. The van der Waals surface area contributed by atoms with Gasteiger partial charge in [-0.15, -0.1) is 0 Å². The monoisotopic (exact) mass is 568 g/mol. The summed E-state index contributed by atoms with van der Waals surface area (Å²) >= 11 is 0. The first-order chi connectivity index (χ1) is 19.6. The van der Waals surface area contributed by atoms with E-state index in [0.29, 0.717) is 0 Å². The number of hydrogen-bond acceptors (Lipinski definition) is 2. The van der Waals surface area contributed by atoms with Crippen molar-refractivity contribution in [3.63, 3.8) is 0 Å². The van der Waals surface area contributed by atoms with Gasteiger partial charge in [0.1, 0.15) is 5.60 Å². The second-order valence-electron chi connectivity index (χ2n) is 14.4. The SMILES string of the molecule is CC1=C(/C=C/C(C)=C/C=C/C(C)=C/C=C/C=C(C)/C=C/C=C(C)/C=C/C23OC2(C)CCCC3(C)C)C(C)(C)C[C@H](O)C1. The van der Waals surface area contributed by atoms with Crippen LogP contribution in [0.4, 0.5) is 0 Å². The highest BCUT2D eigenvalue weighted by atomic mass is 16.6. The normalized spacial score (nSPS) is 31.0. The molecule has 0 radical (unpaired) electrons. The van der Waals surface area contributed by atoms with Crippen molar-refractivity contribution in [1.29, 1.82) is 0 Å². The topological polar surface area (TPSA) is 32.8 Å². The quantitative estimate of drug-likeness (QED) is 0.210. The molecule has 42 heavy (non-hydrogen) atoms. The first-order valence-corrected chi connectivity index (χ1v) is 15.8. The van der Waals surface area contributed by atoms with Crippen molar-refractivity contribution in [2.45, 2.75) is 119 Å². The van der Waals surface area contributed by atoms with Gasteiger partial charge in [-0.3, -0.25) is 0 Å². The minimum absolute atomic E-state index is 0.00993. The van der Waals surface area contributed by atoms with E-state index in [1.54, 1.807) is 0 Å². The minimum Gasteiger partial charge on any atom is -0.393 e. The molecule has 0 aromatic carbocycles. The molecule has 0 bridgehead atoms. The van der Waals surface area contributed by atoms with Gasteiger partial charge < -0.3 is 9.84 Å². The van der Waals surface area contributed by atoms with Crippen molar-refractivity contribution in [3.05, 3.63) is 119 Å². The van der Waals surface area contributed by atoms with Crippen LogP contribution in [0.3, 0.4) is 0 Å². The Morgan fingerprint density at radius 3 is 1.81 bits per heavy atom. The molecule has 1 aliphatic heterocycles. The summed E-state index contributed by atoms with van der Waals surface area (Å²) in [4.78, 5) is 0. The van der Waals surface area contributed by atoms with E-state index in [0.717, 1.165) is 19.3 Å². The standard InChI is InChI=1S/C40H56O2/c1-30(18-13-20-32(3)22-23-36-34(5)28-35(41)29-37(36,6)7)16-11-12-17-31(2)19-14-21-33(4)24-27-40-38(8,9)25-15-26-39(40,10)42-40/h11-14,16-24,27,35,41H,15,25-26,28-29H2,1-10H3/b12-11+,18-13+,19-14+,23-22+,27-24+,30-16+,31-17+,32-20+,33-21+/t35-,39?,40?/m1/s1. The van der Waals surface area contributed by atoms with Gasteiger partial charge in [-0.2, -0.15) is 0 Å². The molecule has 1 N–H and O–H groups in total. The molecule has 3 atom stereocenters. The van der Waals surface area contributed by atoms with Crippen molar-refractivity contribution >= 4 is 0 Å². The predicted molar refractivity (Wildman–Crippen MR) is 182 cm³/mol. The highest BCUT2D eigenvalue weighted by molar-refractivity contribution is 5.39. The van der Waals surface area contributed by atoms with E-state index in [2.05, 4.69) is 154 Å². The molecular weight excluding hydrogens is 512 g/mol. The Morgan fingerprint density at radius 2 is 1.26 bits per heavy atom. The van der Waals surface area contributed by atoms with Crippen molar-refractivity contribution in [3.8, 4) is 0 Å². The summed E-state index contributed by atoms with van der Waals surface area (Å²) in [6.45, 7) is 22.1. The summed E-state index contributed by atoms with van der Waals surface area (Å²) < 4.78 is 6.34. The smallest absolute Gasteiger partial charge is 0.121 e. The summed E-state index contributed by atoms with van der Waals surface area (Å²) in [6.07, 6.45) is 35.2. The van der Waals surface area contributed by atoms with E-state index in [1.165, 1.54) is 46.3 Å². The van der Waals surface area contributed by atoms with E-state index < -0.39 is 0 Å². The summed E-state index contributed by atoms with van der Waals surface area (Å²) in [5.41, 5.74) is 7.59. The number of rotatable bonds is 10. The highest BCUT2D eigenvalue weighted by Crippen LogP contribution is 2.66. The van der Waals surface area contributed by atoms with Gasteiger partial charge in [-0.05, 0) is 90.7 Å². The molecule has 0 aromatic rings. The molecule has 3 rings (SSSR count). The number of allylic oxidation sites excluding steroid dienone is 18. The van der Waals surface area contributed by atoms with Crippen LogP contribution in [0.2, 0.25) is 0 Å². The fourth-order valence-corrected chi connectivity index (χ4v) is 6.89. The number of aliphatic hydroxyl groups is 1. The molecule has 2 nitrogen and oxygen atoms in total. The molecule has 0 amide bonds. The van der Waals surface area contributed by atoms with Crippen LogP contribution >= 0.6 is 0 Å². The molecule has 1 saturated carbocycles. The van der Waals surface area contributed by atoms with Gasteiger partial charge in [0.2, 0.25) is 0 Å². The lowest BCUT2D eigenvalue weighted by Crippen LogP contribution is -2.41. The summed E-state index contributed by atoms with van der Waals surface area (Å²) in [5.74, 6) is 0. The Bertz CT molecular complexity index is 1300. The predicted octanol–water partition coefficient (Wildman–Crippen LogP) is 10.8. The number of epoxide rings is 1. The van der Waals surface area contributed by atoms with Crippen molar-refractivity contribution < 1.29 is 9.84 Å². The van der Waals surface area contributed by atoms with Crippen molar-refractivity contribution in [2.75, 3.05) is 0 Å². The van der Waals surface area contributed by atoms with Crippen molar-refractivity contribution in [2.24, 2.45) is 10.8 Å². The molecule has 1 heterocycles. The van der Waals surface area contributed by atoms with E-state index in [1.807, 2.05) is 0 Å². The zero-order chi connectivity index (χ0) is 31.2. The van der Waals surface area contributed by atoms with Crippen LogP contribution in [0.5, 0.6) is 0 Å². The second kappa shape index (κ2) is 13.7. The fourth-order valence-electron chi connectivity index (χ4n) is 6.89. The van der Waals surface area contributed by atoms with Gasteiger partial charge in [0.25, 0.3) is 0 Å². The molecule has 2 aliphatic carbocycles. The molecule has 2 fully saturated rings. The van der Waals surface area contributed by atoms with Crippen molar-refractivity contribution in [1.82, 2.24) is 0 Å². The van der Waals surface area contributed by atoms with Crippen LogP contribution in [0.15, 0.2) is 119 Å². The Morgan fingerprint density at radius 1 is 0.738 bits per heavy atom. The highest BCUT2D eigenvalue weighted by Gasteiger charge is 2.73. The van der Waals surface area contributed by atoms with E-state index in [4.69, 9.17) is 4.74 Å². The van der Waals surface area contributed by atoms with Crippen LogP contribution in [-0.2, 0) is 4.74 Å². The maximum absolute atomic E-state index is 10.1.